The predicted octanol–water partition coefficient (Wildman–Crippen LogP) is 7.91. The van der Waals surface area contributed by atoms with E-state index in [9.17, 15) is 27.9 Å². The van der Waals surface area contributed by atoms with Crippen molar-refractivity contribution in [3.05, 3.63) is 100 Å². The third-order valence-electron chi connectivity index (χ3n) is 9.20. The minimum atomic E-state index is -4.79. The number of nitrogens with zero attached hydrogens (tertiary/aromatic N) is 3. The van der Waals surface area contributed by atoms with Gasteiger partial charge in [-0.3, -0.25) is 4.98 Å². The van der Waals surface area contributed by atoms with Crippen molar-refractivity contribution < 1.29 is 37.1 Å². The molecular formula is C33H30ClF3N3O4+. The molecule has 11 heteroatoms. The summed E-state index contributed by atoms with van der Waals surface area (Å²) in [5.74, 6) is -0.612. The van der Waals surface area contributed by atoms with Crippen LogP contribution in [-0.2, 0) is 12.6 Å². The fraction of sp³-hybridized carbons (Fsp3) is 0.303. The molecule has 0 spiro atoms. The first kappa shape index (κ1) is 29.9. The molecule has 4 aromatic rings. The Morgan fingerprint density at radius 3 is 2.52 bits per heavy atom. The Hall–Kier alpha value is -4.15. The number of carbonyl (C=O) groups is 2. The number of rotatable bonds is 5. The van der Waals surface area contributed by atoms with E-state index in [0.29, 0.717) is 44.3 Å². The number of hydrogen-bond donors (Lipinski definition) is 1. The van der Waals surface area contributed by atoms with Gasteiger partial charge in [-0.1, -0.05) is 29.8 Å². The first-order valence-electron chi connectivity index (χ1n) is 14.4. The van der Waals surface area contributed by atoms with Gasteiger partial charge in [0.25, 0.3) is 0 Å². The van der Waals surface area contributed by atoms with Crippen LogP contribution in [0.4, 0.5) is 23.7 Å². The molecule has 0 radical (unpaired) electrons. The number of anilines is 1. The number of piperidine rings is 1. The molecule has 0 saturated carbocycles. The third-order valence-corrected chi connectivity index (χ3v) is 9.51. The lowest BCUT2D eigenvalue weighted by atomic mass is 9.92. The fourth-order valence-electron chi connectivity index (χ4n) is 6.99. The number of aromatic nitrogens is 1. The monoisotopic (exact) mass is 624 g/mol. The minimum Gasteiger partial charge on any atom is -0.449 e. The molecule has 1 aromatic heterocycles. The van der Waals surface area contributed by atoms with Crippen LogP contribution in [0.3, 0.4) is 0 Å². The van der Waals surface area contributed by atoms with E-state index in [4.69, 9.17) is 16.3 Å². The largest absolute Gasteiger partial charge is 0.511 e. The summed E-state index contributed by atoms with van der Waals surface area (Å²) in [5, 5.41) is 11.0. The maximum atomic E-state index is 14.7. The number of carbonyl (C=O) groups excluding carboxylic acids is 1. The first-order chi connectivity index (χ1) is 21.0. The van der Waals surface area contributed by atoms with E-state index in [1.807, 2.05) is 18.2 Å². The molecule has 2 unspecified atom stereocenters. The number of carboxylic acid groups (broad SMARTS) is 1. The van der Waals surface area contributed by atoms with Gasteiger partial charge in [0, 0.05) is 61.4 Å². The number of ether oxygens (including phenoxy) is 1. The van der Waals surface area contributed by atoms with E-state index in [1.54, 1.807) is 37.6 Å². The van der Waals surface area contributed by atoms with Crippen molar-refractivity contribution in [1.29, 1.82) is 0 Å². The summed E-state index contributed by atoms with van der Waals surface area (Å²) in [7, 11) is 1.71. The van der Waals surface area contributed by atoms with Gasteiger partial charge in [-0.25, -0.2) is 14.1 Å². The summed E-state index contributed by atoms with van der Waals surface area (Å²) in [5.41, 5.74) is 1.02. The number of aryl methyl sites for hydroxylation is 1. The standard InChI is InChI=1S/C33H29ClF3N3O4/c1-40(31(41)30-27(33(35,36)37)3-2-4-28(30)34,29-10-7-20-6-9-25(18-26(20)29)44-32(42)43)24-12-15-39(16-13-24)23-8-5-22-19-38-14-11-21(22)17-23/h2-6,8-9,11,14,17-19,24,29H,7,10,12-13,15-16H2,1H3/p+1. The van der Waals surface area contributed by atoms with E-state index in [0.717, 1.165) is 28.1 Å². The molecule has 1 saturated heterocycles. The van der Waals surface area contributed by atoms with Crippen LogP contribution in [0.1, 0.15) is 52.4 Å². The molecule has 0 bridgehead atoms. The van der Waals surface area contributed by atoms with Gasteiger partial charge in [0.15, 0.2) is 0 Å². The molecule has 1 amide bonds. The van der Waals surface area contributed by atoms with Crippen molar-refractivity contribution in [2.24, 2.45) is 0 Å². The summed E-state index contributed by atoms with van der Waals surface area (Å²) in [6, 6.07) is 15.5. The molecule has 228 valence electrons. The Bertz CT molecular complexity index is 1760. The number of fused-ring (bicyclic) bond motifs is 2. The molecule has 1 aliphatic carbocycles. The summed E-state index contributed by atoms with van der Waals surface area (Å²) in [6.07, 6.45) is -0.548. The molecule has 1 N–H and O–H groups in total. The van der Waals surface area contributed by atoms with Crippen LogP contribution in [-0.4, -0.2) is 52.8 Å². The first-order valence-corrected chi connectivity index (χ1v) is 14.7. The molecular weight excluding hydrogens is 595 g/mol. The molecule has 44 heavy (non-hydrogen) atoms. The number of halogens is 4. The molecule has 2 aliphatic rings. The van der Waals surface area contributed by atoms with Crippen molar-refractivity contribution >= 4 is 40.1 Å². The SMILES string of the molecule is C[N+](C(=O)c1c(Cl)cccc1C(F)(F)F)(C1CCN(c2ccc3cnccc3c2)CC1)C1CCc2ccc(OC(=O)O)cc21. The average Bonchev–Trinajstić information content (AvgIpc) is 3.43. The molecule has 1 fully saturated rings. The smallest absolute Gasteiger partial charge is 0.449 e. The number of pyridine rings is 1. The second kappa shape index (κ2) is 11.4. The topological polar surface area (TPSA) is 79.7 Å². The summed E-state index contributed by atoms with van der Waals surface area (Å²) >= 11 is 6.39. The van der Waals surface area contributed by atoms with E-state index in [-0.39, 0.29) is 21.3 Å². The predicted molar refractivity (Wildman–Crippen MR) is 160 cm³/mol. The van der Waals surface area contributed by atoms with Crippen LogP contribution < -0.4 is 9.64 Å². The summed E-state index contributed by atoms with van der Waals surface area (Å²) in [6.45, 7) is 1.19. The zero-order valence-corrected chi connectivity index (χ0v) is 24.6. The lowest BCUT2D eigenvalue weighted by molar-refractivity contribution is -0.887. The van der Waals surface area contributed by atoms with Gasteiger partial charge >= 0.3 is 18.2 Å². The van der Waals surface area contributed by atoms with Crippen LogP contribution in [0, 0.1) is 0 Å². The normalized spacial score (nSPS) is 18.6. The minimum absolute atomic E-state index is 0.0946. The number of alkyl halides is 3. The Balaban J connectivity index is 1.40. The van der Waals surface area contributed by atoms with Gasteiger partial charge in [-0.15, -0.1) is 0 Å². The van der Waals surface area contributed by atoms with Gasteiger partial charge in [0.2, 0.25) is 0 Å². The number of benzene rings is 3. The van der Waals surface area contributed by atoms with E-state index in [1.165, 1.54) is 12.1 Å². The fourth-order valence-corrected chi connectivity index (χ4v) is 7.24. The molecule has 6 rings (SSSR count). The van der Waals surface area contributed by atoms with Crippen LogP contribution in [0.25, 0.3) is 10.8 Å². The van der Waals surface area contributed by atoms with E-state index < -0.39 is 35.4 Å². The molecule has 2 atom stereocenters. The maximum Gasteiger partial charge on any atom is 0.511 e. The Morgan fingerprint density at radius 2 is 1.80 bits per heavy atom. The van der Waals surface area contributed by atoms with E-state index in [2.05, 4.69) is 16.0 Å². The molecule has 2 heterocycles. The second-order valence-corrected chi connectivity index (χ2v) is 11.9. The van der Waals surface area contributed by atoms with Crippen molar-refractivity contribution in [3.8, 4) is 5.75 Å². The molecule has 7 nitrogen and oxygen atoms in total. The highest BCUT2D eigenvalue weighted by Crippen LogP contribution is 2.47. The van der Waals surface area contributed by atoms with Crippen LogP contribution >= 0.6 is 11.6 Å². The van der Waals surface area contributed by atoms with E-state index >= 15 is 0 Å². The average molecular weight is 625 g/mol. The van der Waals surface area contributed by atoms with Crippen molar-refractivity contribution in [2.75, 3.05) is 25.0 Å². The van der Waals surface area contributed by atoms with Gasteiger partial charge in [0.05, 0.1) is 23.7 Å². The lowest BCUT2D eigenvalue weighted by Crippen LogP contribution is -2.61. The van der Waals surface area contributed by atoms with Crippen LogP contribution in [0.15, 0.2) is 73.1 Å². The number of quaternary nitrogens is 1. The van der Waals surface area contributed by atoms with Crippen molar-refractivity contribution in [3.63, 3.8) is 0 Å². The quantitative estimate of drug-likeness (QED) is 0.138. The number of amides is 1. The van der Waals surface area contributed by atoms with Crippen LogP contribution in [0.5, 0.6) is 5.75 Å². The second-order valence-electron chi connectivity index (χ2n) is 11.5. The van der Waals surface area contributed by atoms with Gasteiger partial charge in [0.1, 0.15) is 17.4 Å². The zero-order valence-electron chi connectivity index (χ0n) is 23.9. The number of hydrogen-bond acceptors (Lipinski definition) is 5. The summed E-state index contributed by atoms with van der Waals surface area (Å²) < 4.78 is 47.4. The Labute approximate surface area is 257 Å². The van der Waals surface area contributed by atoms with Gasteiger partial charge in [-0.05, 0) is 59.8 Å². The van der Waals surface area contributed by atoms with Gasteiger partial charge < -0.3 is 14.7 Å². The van der Waals surface area contributed by atoms with Crippen LogP contribution in [0.2, 0.25) is 5.02 Å². The van der Waals surface area contributed by atoms with Gasteiger partial charge in [-0.2, -0.15) is 13.2 Å². The maximum absolute atomic E-state index is 14.7. The highest BCUT2D eigenvalue weighted by Gasteiger charge is 2.53. The Morgan fingerprint density at radius 1 is 1.02 bits per heavy atom. The molecule has 3 aromatic carbocycles. The van der Waals surface area contributed by atoms with Crippen molar-refractivity contribution in [2.45, 2.75) is 43.9 Å². The zero-order chi connectivity index (χ0) is 31.2. The molecule has 1 aliphatic heterocycles. The highest BCUT2D eigenvalue weighted by atomic mass is 35.5. The van der Waals surface area contributed by atoms with Crippen molar-refractivity contribution in [1.82, 2.24) is 4.98 Å². The Kier molecular flexibility index (Phi) is 7.75. The highest BCUT2D eigenvalue weighted by molar-refractivity contribution is 6.33. The summed E-state index contributed by atoms with van der Waals surface area (Å²) in [4.78, 5) is 32.3. The third kappa shape index (κ3) is 5.37. The lowest BCUT2D eigenvalue weighted by Gasteiger charge is -2.47.